The second-order valence-electron chi connectivity index (χ2n) is 7.23. The van der Waals surface area contributed by atoms with Gasteiger partial charge in [0.05, 0.1) is 0 Å². The number of carbonyl (C=O) groups is 3. The predicted octanol–water partition coefficient (Wildman–Crippen LogP) is 3.00. The van der Waals surface area contributed by atoms with Crippen LogP contribution in [0.5, 0.6) is 0 Å². The van der Waals surface area contributed by atoms with Crippen molar-refractivity contribution in [2.45, 2.75) is 59.0 Å². The van der Waals surface area contributed by atoms with Crippen molar-refractivity contribution in [1.29, 1.82) is 0 Å². The van der Waals surface area contributed by atoms with Crippen LogP contribution < -0.4 is 16.0 Å². The first-order valence-corrected chi connectivity index (χ1v) is 9.32. The number of anilines is 1. The predicted molar refractivity (Wildman–Crippen MR) is 106 cm³/mol. The first-order chi connectivity index (χ1) is 12.7. The van der Waals surface area contributed by atoms with Gasteiger partial charge in [-0.15, -0.1) is 0 Å². The molecule has 0 bridgehead atoms. The van der Waals surface area contributed by atoms with Gasteiger partial charge in [-0.05, 0) is 58.2 Å². The van der Waals surface area contributed by atoms with Gasteiger partial charge in [-0.2, -0.15) is 0 Å². The maximum atomic E-state index is 11.9. The van der Waals surface area contributed by atoms with E-state index in [4.69, 9.17) is 4.74 Å². The molecule has 1 aromatic carbocycles. The summed E-state index contributed by atoms with van der Waals surface area (Å²) in [6, 6.07) is 7.54. The summed E-state index contributed by atoms with van der Waals surface area (Å²) in [6.07, 6.45) is 1.73. The Bertz CT molecular complexity index is 621. The normalized spacial score (nSPS) is 10.8. The van der Waals surface area contributed by atoms with Gasteiger partial charge in [0.15, 0.2) is 0 Å². The lowest BCUT2D eigenvalue weighted by Gasteiger charge is -2.19. The molecule has 1 rings (SSSR count). The van der Waals surface area contributed by atoms with Crippen molar-refractivity contribution in [3.05, 3.63) is 29.8 Å². The Kier molecular flexibility index (Phi) is 9.33. The molecule has 7 nitrogen and oxygen atoms in total. The molecule has 0 fully saturated rings. The van der Waals surface area contributed by atoms with Gasteiger partial charge in [-0.3, -0.25) is 9.59 Å². The van der Waals surface area contributed by atoms with Crippen LogP contribution in [0.2, 0.25) is 0 Å². The quantitative estimate of drug-likeness (QED) is 0.616. The van der Waals surface area contributed by atoms with Gasteiger partial charge in [-0.1, -0.05) is 12.1 Å². The molecule has 0 heterocycles. The Morgan fingerprint density at radius 2 is 1.63 bits per heavy atom. The Morgan fingerprint density at radius 3 is 2.22 bits per heavy atom. The van der Waals surface area contributed by atoms with Crippen molar-refractivity contribution >= 4 is 23.6 Å². The van der Waals surface area contributed by atoms with E-state index >= 15 is 0 Å². The topological polar surface area (TPSA) is 96.5 Å². The molecule has 0 aliphatic carbocycles. The standard InChI is InChI=1S/C20H31N3O4/c1-5-21-17(24)8-6-7-15-9-11-16(12-10-15)23-18(25)13-14-22-19(26)27-20(2,3)4/h9-12H,5-8,13-14H2,1-4H3,(H,21,24)(H,22,26)(H,23,25). The lowest BCUT2D eigenvalue weighted by atomic mass is 10.1. The van der Waals surface area contributed by atoms with Crippen LogP contribution in [0.4, 0.5) is 10.5 Å². The van der Waals surface area contributed by atoms with E-state index < -0.39 is 11.7 Å². The van der Waals surface area contributed by atoms with E-state index in [-0.39, 0.29) is 24.8 Å². The molecular formula is C20H31N3O4. The van der Waals surface area contributed by atoms with E-state index in [9.17, 15) is 14.4 Å². The molecule has 0 aliphatic rings. The molecule has 0 aliphatic heterocycles. The van der Waals surface area contributed by atoms with Crippen LogP contribution in [0.1, 0.15) is 52.5 Å². The van der Waals surface area contributed by atoms with E-state index in [0.29, 0.717) is 18.7 Å². The monoisotopic (exact) mass is 377 g/mol. The fraction of sp³-hybridized carbons (Fsp3) is 0.550. The number of aryl methyl sites for hydroxylation is 1. The van der Waals surface area contributed by atoms with Gasteiger partial charge in [0.25, 0.3) is 0 Å². The summed E-state index contributed by atoms with van der Waals surface area (Å²) in [5.41, 5.74) is 1.25. The first-order valence-electron chi connectivity index (χ1n) is 9.32. The molecule has 0 spiro atoms. The minimum atomic E-state index is -0.562. The SMILES string of the molecule is CCNC(=O)CCCc1ccc(NC(=O)CCNC(=O)OC(C)(C)C)cc1. The molecule has 1 aromatic rings. The highest BCUT2D eigenvalue weighted by atomic mass is 16.6. The number of hydrogen-bond acceptors (Lipinski definition) is 4. The molecule has 3 N–H and O–H groups in total. The van der Waals surface area contributed by atoms with Crippen LogP contribution in [0.3, 0.4) is 0 Å². The van der Waals surface area contributed by atoms with Crippen LogP contribution in [0, 0.1) is 0 Å². The van der Waals surface area contributed by atoms with Gasteiger partial charge >= 0.3 is 6.09 Å². The van der Waals surface area contributed by atoms with Gasteiger partial charge < -0.3 is 20.7 Å². The van der Waals surface area contributed by atoms with Crippen LogP contribution in [0.25, 0.3) is 0 Å². The zero-order chi connectivity index (χ0) is 20.3. The lowest BCUT2D eigenvalue weighted by molar-refractivity contribution is -0.121. The number of benzene rings is 1. The van der Waals surface area contributed by atoms with Crippen LogP contribution >= 0.6 is 0 Å². The highest BCUT2D eigenvalue weighted by Gasteiger charge is 2.15. The lowest BCUT2D eigenvalue weighted by Crippen LogP contribution is -2.34. The van der Waals surface area contributed by atoms with E-state index in [1.54, 1.807) is 20.8 Å². The molecule has 0 saturated carbocycles. The number of hydrogen-bond donors (Lipinski definition) is 3. The molecule has 0 atom stereocenters. The maximum Gasteiger partial charge on any atom is 0.407 e. The number of ether oxygens (including phenoxy) is 1. The van der Waals surface area contributed by atoms with Crippen molar-refractivity contribution in [3.63, 3.8) is 0 Å². The summed E-state index contributed by atoms with van der Waals surface area (Å²) in [5.74, 6) is -0.114. The van der Waals surface area contributed by atoms with E-state index in [1.807, 2.05) is 31.2 Å². The van der Waals surface area contributed by atoms with Crippen molar-refractivity contribution in [3.8, 4) is 0 Å². The van der Waals surface area contributed by atoms with E-state index in [2.05, 4.69) is 16.0 Å². The van der Waals surface area contributed by atoms with Crippen molar-refractivity contribution in [1.82, 2.24) is 10.6 Å². The minimum absolute atomic E-state index is 0.0707. The van der Waals surface area contributed by atoms with Crippen LogP contribution in [0.15, 0.2) is 24.3 Å². The second kappa shape index (κ2) is 11.2. The van der Waals surface area contributed by atoms with E-state index in [0.717, 1.165) is 18.4 Å². The van der Waals surface area contributed by atoms with Gasteiger partial charge in [0, 0.05) is 31.6 Å². The second-order valence-corrected chi connectivity index (χ2v) is 7.23. The van der Waals surface area contributed by atoms with Crippen LogP contribution in [-0.4, -0.2) is 36.6 Å². The highest BCUT2D eigenvalue weighted by Crippen LogP contribution is 2.12. The minimum Gasteiger partial charge on any atom is -0.444 e. The zero-order valence-corrected chi connectivity index (χ0v) is 16.7. The third-order valence-electron chi connectivity index (χ3n) is 3.50. The third kappa shape index (κ3) is 10.9. The smallest absolute Gasteiger partial charge is 0.407 e. The van der Waals surface area contributed by atoms with Crippen LogP contribution in [-0.2, 0) is 20.7 Å². The molecule has 7 heteroatoms. The number of amides is 3. The van der Waals surface area contributed by atoms with Gasteiger partial charge in [0.2, 0.25) is 11.8 Å². The summed E-state index contributed by atoms with van der Waals surface area (Å²) in [6.45, 7) is 8.10. The molecule has 0 aromatic heterocycles. The van der Waals surface area contributed by atoms with Gasteiger partial charge in [0.1, 0.15) is 5.60 Å². The number of carbonyl (C=O) groups excluding carboxylic acids is 3. The number of alkyl carbamates (subject to hydrolysis) is 1. The molecule has 27 heavy (non-hydrogen) atoms. The average Bonchev–Trinajstić information content (AvgIpc) is 2.55. The fourth-order valence-corrected chi connectivity index (χ4v) is 2.31. The molecule has 0 unspecified atom stereocenters. The molecule has 150 valence electrons. The van der Waals surface area contributed by atoms with Crippen molar-refractivity contribution < 1.29 is 19.1 Å². The number of nitrogens with one attached hydrogen (secondary N) is 3. The Labute approximate surface area is 161 Å². The summed E-state index contributed by atoms with van der Waals surface area (Å²) in [4.78, 5) is 34.8. The maximum absolute atomic E-state index is 11.9. The molecule has 3 amide bonds. The average molecular weight is 377 g/mol. The number of rotatable bonds is 9. The Balaban J connectivity index is 2.28. The Hall–Kier alpha value is -2.57. The molecule has 0 saturated heterocycles. The van der Waals surface area contributed by atoms with Gasteiger partial charge in [-0.25, -0.2) is 4.79 Å². The first kappa shape index (κ1) is 22.5. The largest absolute Gasteiger partial charge is 0.444 e. The third-order valence-corrected chi connectivity index (χ3v) is 3.50. The van der Waals surface area contributed by atoms with Crippen molar-refractivity contribution in [2.75, 3.05) is 18.4 Å². The fourth-order valence-electron chi connectivity index (χ4n) is 2.31. The summed E-state index contributed by atoms with van der Waals surface area (Å²) < 4.78 is 5.10. The van der Waals surface area contributed by atoms with E-state index in [1.165, 1.54) is 0 Å². The zero-order valence-electron chi connectivity index (χ0n) is 16.7. The highest BCUT2D eigenvalue weighted by molar-refractivity contribution is 5.91. The van der Waals surface area contributed by atoms with Crippen molar-refractivity contribution in [2.24, 2.45) is 0 Å². The molecule has 0 radical (unpaired) electrons. The molecular weight excluding hydrogens is 346 g/mol. The summed E-state index contributed by atoms with van der Waals surface area (Å²) in [5, 5.41) is 8.12. The summed E-state index contributed by atoms with van der Waals surface area (Å²) >= 11 is 0. The summed E-state index contributed by atoms with van der Waals surface area (Å²) in [7, 11) is 0. The Morgan fingerprint density at radius 1 is 0.963 bits per heavy atom.